The first-order valence-electron chi connectivity index (χ1n) is 8.20. The zero-order valence-corrected chi connectivity index (χ0v) is 15.4. The third-order valence-electron chi connectivity index (χ3n) is 4.13. The van der Waals surface area contributed by atoms with Crippen LogP contribution in [0.2, 0.25) is 0 Å². The molecule has 2 N–H and O–H groups in total. The number of nitrogens with one attached hydrogen (secondary N) is 1. The second-order valence-electron chi connectivity index (χ2n) is 6.06. The molecule has 0 spiro atoms. The van der Waals surface area contributed by atoms with Gasteiger partial charge >= 0.3 is 5.97 Å². The van der Waals surface area contributed by atoms with Crippen LogP contribution in [-0.4, -0.2) is 31.2 Å². The van der Waals surface area contributed by atoms with Gasteiger partial charge in [0.2, 0.25) is 5.91 Å². The van der Waals surface area contributed by atoms with Crippen LogP contribution in [-0.2, 0) is 11.2 Å². The molecule has 2 rings (SSSR count). The Morgan fingerprint density at radius 3 is 2.12 bits per heavy atom. The number of anilines is 1. The van der Waals surface area contributed by atoms with Gasteiger partial charge in [-0.25, -0.2) is 4.79 Å². The number of carbonyl (C=O) groups is 2. The van der Waals surface area contributed by atoms with E-state index in [1.807, 2.05) is 19.1 Å². The van der Waals surface area contributed by atoms with Gasteiger partial charge in [-0.1, -0.05) is 6.07 Å². The van der Waals surface area contributed by atoms with Crippen molar-refractivity contribution in [1.29, 1.82) is 0 Å². The van der Waals surface area contributed by atoms with E-state index in [0.29, 0.717) is 29.2 Å². The third kappa shape index (κ3) is 4.75. The number of hydrogen-bond acceptors (Lipinski definition) is 4. The molecule has 0 radical (unpaired) electrons. The van der Waals surface area contributed by atoms with Crippen molar-refractivity contribution in [3.63, 3.8) is 0 Å². The highest BCUT2D eigenvalue weighted by molar-refractivity contribution is 5.95. The fourth-order valence-electron chi connectivity index (χ4n) is 2.70. The highest BCUT2D eigenvalue weighted by Crippen LogP contribution is 2.24. The van der Waals surface area contributed by atoms with Crippen molar-refractivity contribution in [2.75, 3.05) is 19.5 Å². The molecule has 6 heteroatoms. The van der Waals surface area contributed by atoms with Crippen molar-refractivity contribution < 1.29 is 24.2 Å². The minimum atomic E-state index is -1.01. The minimum absolute atomic E-state index is 0.184. The summed E-state index contributed by atoms with van der Waals surface area (Å²) in [5, 5.41) is 12.0. The maximum atomic E-state index is 12.3. The van der Waals surface area contributed by atoms with Gasteiger partial charge in [-0.05, 0) is 55.2 Å². The van der Waals surface area contributed by atoms with Crippen LogP contribution in [0.5, 0.6) is 11.5 Å². The topological polar surface area (TPSA) is 84.9 Å². The first-order valence-corrected chi connectivity index (χ1v) is 8.20. The van der Waals surface area contributed by atoms with E-state index in [-0.39, 0.29) is 17.9 Å². The Labute approximate surface area is 152 Å². The Hall–Kier alpha value is -3.02. The van der Waals surface area contributed by atoms with Crippen molar-refractivity contribution in [1.82, 2.24) is 0 Å². The maximum Gasteiger partial charge on any atom is 0.336 e. The van der Waals surface area contributed by atoms with E-state index in [0.717, 1.165) is 11.1 Å². The number of ether oxygens (including phenoxy) is 2. The summed E-state index contributed by atoms with van der Waals surface area (Å²) in [4.78, 5) is 23.6. The smallest absolute Gasteiger partial charge is 0.336 e. The number of hydrogen-bond donors (Lipinski definition) is 2. The Kier molecular flexibility index (Phi) is 6.22. The second kappa shape index (κ2) is 8.38. The van der Waals surface area contributed by atoms with Gasteiger partial charge < -0.3 is 19.9 Å². The normalized spacial score (nSPS) is 10.3. The van der Waals surface area contributed by atoms with Crippen LogP contribution >= 0.6 is 0 Å². The van der Waals surface area contributed by atoms with E-state index in [1.54, 1.807) is 33.3 Å². The summed E-state index contributed by atoms with van der Waals surface area (Å²) >= 11 is 0. The Morgan fingerprint density at radius 1 is 0.962 bits per heavy atom. The van der Waals surface area contributed by atoms with Crippen LogP contribution in [0.15, 0.2) is 30.3 Å². The average molecular weight is 357 g/mol. The lowest BCUT2D eigenvalue weighted by Crippen LogP contribution is -2.14. The lowest BCUT2D eigenvalue weighted by Gasteiger charge is -2.12. The van der Waals surface area contributed by atoms with Crippen LogP contribution in [0.25, 0.3) is 0 Å². The summed E-state index contributed by atoms with van der Waals surface area (Å²) in [6.45, 7) is 3.57. The largest absolute Gasteiger partial charge is 0.497 e. The Morgan fingerprint density at radius 2 is 1.58 bits per heavy atom. The molecule has 2 aromatic carbocycles. The fourth-order valence-corrected chi connectivity index (χ4v) is 2.70. The first kappa shape index (κ1) is 19.3. The number of amides is 1. The highest BCUT2D eigenvalue weighted by atomic mass is 16.5. The summed E-state index contributed by atoms with van der Waals surface area (Å²) in [6, 6.07) is 8.74. The van der Waals surface area contributed by atoms with Crippen LogP contribution in [0.1, 0.15) is 33.5 Å². The standard InChI is InChI=1S/C20H23NO5/c1-12-7-13(2)18(11-17(12)20(23)24)21-19(22)6-5-14-8-15(25-3)10-16(9-14)26-4/h7-11H,5-6H2,1-4H3,(H,21,22)(H,23,24). The summed E-state index contributed by atoms with van der Waals surface area (Å²) in [6.07, 6.45) is 0.766. The molecular weight excluding hydrogens is 334 g/mol. The summed E-state index contributed by atoms with van der Waals surface area (Å²) < 4.78 is 10.5. The minimum Gasteiger partial charge on any atom is -0.497 e. The van der Waals surface area contributed by atoms with E-state index >= 15 is 0 Å². The molecular formula is C20H23NO5. The van der Waals surface area contributed by atoms with Crippen LogP contribution in [0.3, 0.4) is 0 Å². The summed E-state index contributed by atoms with van der Waals surface area (Å²) in [5.74, 6) is 0.136. The van der Waals surface area contributed by atoms with Gasteiger partial charge in [0.15, 0.2) is 0 Å². The van der Waals surface area contributed by atoms with Crippen molar-refractivity contribution in [3.8, 4) is 11.5 Å². The molecule has 0 aliphatic heterocycles. The van der Waals surface area contributed by atoms with Gasteiger partial charge in [0.05, 0.1) is 19.8 Å². The van der Waals surface area contributed by atoms with Crippen molar-refractivity contribution in [2.24, 2.45) is 0 Å². The maximum absolute atomic E-state index is 12.3. The number of methoxy groups -OCH3 is 2. The van der Waals surface area contributed by atoms with Gasteiger partial charge in [0, 0.05) is 18.2 Å². The quantitative estimate of drug-likeness (QED) is 0.791. The van der Waals surface area contributed by atoms with Crippen LogP contribution < -0.4 is 14.8 Å². The molecule has 0 unspecified atom stereocenters. The Bertz CT molecular complexity index is 807. The van der Waals surface area contributed by atoms with Gasteiger partial charge in [-0.3, -0.25) is 4.79 Å². The molecule has 26 heavy (non-hydrogen) atoms. The Balaban J connectivity index is 2.08. The number of rotatable bonds is 7. The molecule has 0 aliphatic rings. The van der Waals surface area contributed by atoms with E-state index in [4.69, 9.17) is 9.47 Å². The van der Waals surface area contributed by atoms with Gasteiger partial charge in [0.1, 0.15) is 11.5 Å². The SMILES string of the molecule is COc1cc(CCC(=O)Nc2cc(C(=O)O)c(C)cc2C)cc(OC)c1. The molecule has 0 saturated heterocycles. The molecule has 6 nitrogen and oxygen atoms in total. The second-order valence-corrected chi connectivity index (χ2v) is 6.06. The number of carbonyl (C=O) groups excluding carboxylic acids is 1. The van der Waals surface area contributed by atoms with Crippen molar-refractivity contribution in [2.45, 2.75) is 26.7 Å². The zero-order valence-electron chi connectivity index (χ0n) is 15.4. The number of aryl methyl sites for hydroxylation is 3. The summed E-state index contributed by atoms with van der Waals surface area (Å²) in [5.41, 5.74) is 3.10. The monoisotopic (exact) mass is 357 g/mol. The molecule has 138 valence electrons. The van der Waals surface area contributed by atoms with Crippen molar-refractivity contribution >= 4 is 17.6 Å². The van der Waals surface area contributed by atoms with Gasteiger partial charge in [-0.15, -0.1) is 0 Å². The van der Waals surface area contributed by atoms with E-state index in [2.05, 4.69) is 5.32 Å². The van der Waals surface area contributed by atoms with Crippen LogP contribution in [0, 0.1) is 13.8 Å². The van der Waals surface area contributed by atoms with E-state index < -0.39 is 5.97 Å². The molecule has 0 atom stereocenters. The molecule has 1 amide bonds. The van der Waals surface area contributed by atoms with E-state index in [1.165, 1.54) is 6.07 Å². The first-order chi connectivity index (χ1) is 12.3. The van der Waals surface area contributed by atoms with Gasteiger partial charge in [-0.2, -0.15) is 0 Å². The average Bonchev–Trinajstić information content (AvgIpc) is 2.61. The highest BCUT2D eigenvalue weighted by Gasteiger charge is 2.13. The number of carboxylic acids is 1. The van der Waals surface area contributed by atoms with Crippen LogP contribution in [0.4, 0.5) is 5.69 Å². The van der Waals surface area contributed by atoms with E-state index in [9.17, 15) is 14.7 Å². The predicted molar refractivity (Wildman–Crippen MR) is 99.4 cm³/mol. The predicted octanol–water partition coefficient (Wildman–Crippen LogP) is 3.59. The third-order valence-corrected chi connectivity index (χ3v) is 4.13. The molecule has 0 heterocycles. The molecule has 0 fully saturated rings. The number of aromatic carboxylic acids is 1. The fraction of sp³-hybridized carbons (Fsp3) is 0.300. The number of benzene rings is 2. The molecule has 0 aliphatic carbocycles. The molecule has 0 saturated carbocycles. The van der Waals surface area contributed by atoms with Crippen molar-refractivity contribution in [3.05, 3.63) is 52.6 Å². The van der Waals surface area contributed by atoms with Gasteiger partial charge in [0.25, 0.3) is 0 Å². The lowest BCUT2D eigenvalue weighted by atomic mass is 10.0. The lowest BCUT2D eigenvalue weighted by molar-refractivity contribution is -0.116. The number of carboxylic acid groups (broad SMARTS) is 1. The molecule has 2 aromatic rings. The molecule has 0 bridgehead atoms. The zero-order chi connectivity index (χ0) is 19.3. The molecule has 0 aromatic heterocycles. The summed E-state index contributed by atoms with van der Waals surface area (Å²) in [7, 11) is 3.15.